The number of imidazole rings is 1. The minimum atomic E-state index is -4.70. The Morgan fingerprint density at radius 2 is 1.96 bits per heavy atom. The molecule has 0 amide bonds. The third kappa shape index (κ3) is 2.91. The molecular formula is C13H8ClF4N5. The van der Waals surface area contributed by atoms with Gasteiger partial charge in [0.15, 0.2) is 11.5 Å². The third-order valence-corrected chi connectivity index (χ3v) is 3.45. The number of benzene rings is 1. The quantitative estimate of drug-likeness (QED) is 0.709. The van der Waals surface area contributed by atoms with Gasteiger partial charge < -0.3 is 10.3 Å². The lowest BCUT2D eigenvalue weighted by Crippen LogP contribution is -2.14. The molecule has 0 unspecified atom stereocenters. The summed E-state index contributed by atoms with van der Waals surface area (Å²) in [6.07, 6.45) is -2.13. The van der Waals surface area contributed by atoms with Crippen molar-refractivity contribution in [3.63, 3.8) is 0 Å². The summed E-state index contributed by atoms with van der Waals surface area (Å²) >= 11 is 5.58. The van der Waals surface area contributed by atoms with E-state index in [1.807, 2.05) is 0 Å². The number of fused-ring (bicyclic) bond motifs is 1. The molecule has 0 aliphatic carbocycles. The normalized spacial score (nSPS) is 11.9. The van der Waals surface area contributed by atoms with Crippen molar-refractivity contribution in [1.82, 2.24) is 19.9 Å². The summed E-state index contributed by atoms with van der Waals surface area (Å²) in [6, 6.07) is 1.62. The zero-order valence-corrected chi connectivity index (χ0v) is 12.0. The van der Waals surface area contributed by atoms with Crippen molar-refractivity contribution in [2.75, 3.05) is 5.32 Å². The number of alkyl halides is 3. The number of halogens is 5. The summed E-state index contributed by atoms with van der Waals surface area (Å²) in [4.78, 5) is 14.4. The number of hydrogen-bond donors (Lipinski definition) is 2. The van der Waals surface area contributed by atoms with Gasteiger partial charge in [0.25, 0.3) is 0 Å². The molecule has 120 valence electrons. The number of anilines is 1. The molecule has 0 fully saturated rings. The van der Waals surface area contributed by atoms with Crippen LogP contribution in [0, 0.1) is 5.82 Å². The molecule has 10 heteroatoms. The van der Waals surface area contributed by atoms with E-state index < -0.39 is 29.7 Å². The maximum atomic E-state index is 14.0. The van der Waals surface area contributed by atoms with Gasteiger partial charge in [0.2, 0.25) is 0 Å². The lowest BCUT2D eigenvalue weighted by Gasteiger charge is -2.15. The Kier molecular flexibility index (Phi) is 3.80. The van der Waals surface area contributed by atoms with Crippen molar-refractivity contribution in [2.45, 2.75) is 12.7 Å². The Morgan fingerprint density at radius 3 is 2.70 bits per heavy atom. The standard InChI is InChI=1S/C13H8ClF4N5/c14-8-2-1-7(13(16,17)18)6(9(8)15)3-19-11-10-12(21-4-20-10)23-5-22-11/h1-2,4-5H,3H2,(H2,19,20,21,22,23). The number of nitrogens with zero attached hydrogens (tertiary/aromatic N) is 3. The molecule has 0 saturated carbocycles. The fraction of sp³-hybridized carbons (Fsp3) is 0.154. The molecule has 1 aromatic carbocycles. The fourth-order valence-electron chi connectivity index (χ4n) is 2.10. The number of nitrogens with one attached hydrogen (secondary N) is 2. The molecule has 23 heavy (non-hydrogen) atoms. The maximum absolute atomic E-state index is 14.0. The van der Waals surface area contributed by atoms with Crippen LogP contribution in [0.4, 0.5) is 23.4 Å². The van der Waals surface area contributed by atoms with Crippen LogP contribution in [-0.2, 0) is 12.7 Å². The highest BCUT2D eigenvalue weighted by atomic mass is 35.5. The van der Waals surface area contributed by atoms with Crippen molar-refractivity contribution in [3.05, 3.63) is 46.8 Å². The van der Waals surface area contributed by atoms with Crippen LogP contribution in [0.15, 0.2) is 24.8 Å². The lowest BCUT2D eigenvalue weighted by atomic mass is 10.1. The molecule has 0 aliphatic rings. The minimum absolute atomic E-state index is 0.208. The van der Waals surface area contributed by atoms with Crippen molar-refractivity contribution in [1.29, 1.82) is 0 Å². The number of hydrogen-bond acceptors (Lipinski definition) is 4. The first-order valence-corrected chi connectivity index (χ1v) is 6.67. The van der Waals surface area contributed by atoms with Crippen molar-refractivity contribution in [3.8, 4) is 0 Å². The average molecular weight is 346 g/mol. The van der Waals surface area contributed by atoms with E-state index in [-0.39, 0.29) is 10.8 Å². The largest absolute Gasteiger partial charge is 0.416 e. The molecule has 0 atom stereocenters. The van der Waals surface area contributed by atoms with Gasteiger partial charge in [-0.3, -0.25) is 0 Å². The maximum Gasteiger partial charge on any atom is 0.416 e. The lowest BCUT2D eigenvalue weighted by molar-refractivity contribution is -0.138. The van der Waals surface area contributed by atoms with E-state index in [0.29, 0.717) is 11.2 Å². The second-order valence-corrected chi connectivity index (χ2v) is 4.97. The van der Waals surface area contributed by atoms with E-state index in [9.17, 15) is 17.6 Å². The fourth-order valence-corrected chi connectivity index (χ4v) is 2.28. The molecule has 0 bridgehead atoms. The first kappa shape index (κ1) is 15.5. The van der Waals surface area contributed by atoms with Gasteiger partial charge in [-0.15, -0.1) is 0 Å². The van der Waals surface area contributed by atoms with Gasteiger partial charge in [0, 0.05) is 12.1 Å². The van der Waals surface area contributed by atoms with Crippen molar-refractivity contribution in [2.24, 2.45) is 0 Å². The molecule has 0 saturated heterocycles. The van der Waals surface area contributed by atoms with Crippen LogP contribution in [0.1, 0.15) is 11.1 Å². The van der Waals surface area contributed by atoms with E-state index >= 15 is 0 Å². The summed E-state index contributed by atoms with van der Waals surface area (Å²) in [5, 5.41) is 2.26. The van der Waals surface area contributed by atoms with Gasteiger partial charge >= 0.3 is 6.18 Å². The third-order valence-electron chi connectivity index (χ3n) is 3.16. The molecule has 2 N–H and O–H groups in total. The monoisotopic (exact) mass is 345 g/mol. The molecule has 3 rings (SSSR count). The Hall–Kier alpha value is -2.42. The van der Waals surface area contributed by atoms with Gasteiger partial charge in [0.05, 0.1) is 16.9 Å². The molecule has 5 nitrogen and oxygen atoms in total. The van der Waals surface area contributed by atoms with Gasteiger partial charge in [-0.05, 0) is 12.1 Å². The molecule has 0 aliphatic heterocycles. The molecule has 2 aromatic heterocycles. The highest BCUT2D eigenvalue weighted by molar-refractivity contribution is 6.30. The molecule has 0 radical (unpaired) electrons. The summed E-state index contributed by atoms with van der Waals surface area (Å²) in [6.45, 7) is -0.452. The van der Waals surface area contributed by atoms with Gasteiger partial charge in [0.1, 0.15) is 17.7 Å². The first-order valence-electron chi connectivity index (χ1n) is 6.30. The Bertz CT molecular complexity index is 861. The van der Waals surface area contributed by atoms with Crippen molar-refractivity contribution < 1.29 is 17.6 Å². The van der Waals surface area contributed by atoms with E-state index in [0.717, 1.165) is 12.1 Å². The second kappa shape index (κ2) is 5.65. The van der Waals surface area contributed by atoms with E-state index in [1.54, 1.807) is 0 Å². The number of rotatable bonds is 3. The Labute approximate surface area is 131 Å². The zero-order valence-electron chi connectivity index (χ0n) is 11.2. The van der Waals surface area contributed by atoms with Crippen LogP contribution < -0.4 is 5.32 Å². The smallest absolute Gasteiger partial charge is 0.364 e. The first-order chi connectivity index (χ1) is 10.9. The van der Waals surface area contributed by atoms with Gasteiger partial charge in [-0.1, -0.05) is 11.6 Å². The number of aromatic nitrogens is 4. The van der Waals surface area contributed by atoms with Gasteiger partial charge in [-0.25, -0.2) is 19.3 Å². The van der Waals surface area contributed by atoms with E-state index in [1.165, 1.54) is 12.7 Å². The van der Waals surface area contributed by atoms with Crippen LogP contribution in [0.3, 0.4) is 0 Å². The molecule has 3 aromatic rings. The van der Waals surface area contributed by atoms with Crippen LogP contribution in [0.2, 0.25) is 5.02 Å². The van der Waals surface area contributed by atoms with Crippen LogP contribution >= 0.6 is 11.6 Å². The van der Waals surface area contributed by atoms with Crippen molar-refractivity contribution >= 4 is 28.6 Å². The van der Waals surface area contributed by atoms with E-state index in [2.05, 4.69) is 25.3 Å². The number of H-pyrrole nitrogens is 1. The van der Waals surface area contributed by atoms with Crippen LogP contribution in [0.5, 0.6) is 0 Å². The van der Waals surface area contributed by atoms with Gasteiger partial charge in [-0.2, -0.15) is 13.2 Å². The Morgan fingerprint density at radius 1 is 1.17 bits per heavy atom. The predicted molar refractivity (Wildman–Crippen MR) is 75.4 cm³/mol. The second-order valence-electron chi connectivity index (χ2n) is 4.56. The topological polar surface area (TPSA) is 66.5 Å². The summed E-state index contributed by atoms with van der Waals surface area (Å²) in [5.74, 6) is -0.913. The zero-order chi connectivity index (χ0) is 16.6. The summed E-state index contributed by atoms with van der Waals surface area (Å²) in [7, 11) is 0. The van der Waals surface area contributed by atoms with Crippen LogP contribution in [-0.4, -0.2) is 19.9 Å². The highest BCUT2D eigenvalue weighted by Crippen LogP contribution is 2.35. The number of aromatic amines is 1. The Balaban J connectivity index is 1.97. The molecule has 0 spiro atoms. The molecule has 2 heterocycles. The highest BCUT2D eigenvalue weighted by Gasteiger charge is 2.35. The van der Waals surface area contributed by atoms with Crippen LogP contribution in [0.25, 0.3) is 11.2 Å². The summed E-state index contributed by atoms with van der Waals surface area (Å²) < 4.78 is 53.1. The molecular weight excluding hydrogens is 338 g/mol. The SMILES string of the molecule is Fc1c(Cl)ccc(C(F)(F)F)c1CNc1ncnc2nc[nH]c12. The minimum Gasteiger partial charge on any atom is -0.364 e. The average Bonchev–Trinajstić information content (AvgIpc) is 2.96. The summed E-state index contributed by atoms with van der Waals surface area (Å²) in [5.41, 5.74) is -0.938. The predicted octanol–water partition coefficient (Wildman–Crippen LogP) is 3.78. The van der Waals surface area contributed by atoms with E-state index in [4.69, 9.17) is 11.6 Å².